The lowest BCUT2D eigenvalue weighted by molar-refractivity contribution is 0.473. The number of benzene rings is 1. The number of hydrogen-bond acceptors (Lipinski definition) is 4. The third kappa shape index (κ3) is 3.26. The molecule has 0 saturated heterocycles. The minimum atomic E-state index is 0.604. The summed E-state index contributed by atoms with van der Waals surface area (Å²) in [5.74, 6) is 0. The Kier molecular flexibility index (Phi) is 4.34. The maximum Gasteiger partial charge on any atom is 0.184 e. The number of aromatic nitrogens is 1. The number of thioether (sulfide) groups is 1. The molecule has 0 aliphatic heterocycles. The van der Waals surface area contributed by atoms with E-state index in [0.29, 0.717) is 6.04 Å². The number of thiazole rings is 1. The Bertz CT molecular complexity index is 562. The zero-order valence-electron chi connectivity index (χ0n) is 10.9. The van der Waals surface area contributed by atoms with Crippen LogP contribution in [0.15, 0.2) is 22.7 Å². The van der Waals surface area contributed by atoms with Crippen LogP contribution in [0.4, 0.5) is 5.13 Å². The molecule has 1 fully saturated rings. The van der Waals surface area contributed by atoms with Crippen LogP contribution in [0.3, 0.4) is 0 Å². The second-order valence-electron chi connectivity index (χ2n) is 4.98. The first-order valence-electron chi connectivity index (χ1n) is 6.60. The van der Waals surface area contributed by atoms with Crippen LogP contribution < -0.4 is 5.32 Å². The second-order valence-corrected chi connectivity index (χ2v) is 8.07. The van der Waals surface area contributed by atoms with Crippen molar-refractivity contribution in [2.24, 2.45) is 0 Å². The van der Waals surface area contributed by atoms with Gasteiger partial charge < -0.3 is 5.32 Å². The highest BCUT2D eigenvalue weighted by molar-refractivity contribution is 9.10. The molecule has 0 radical (unpaired) electrons. The zero-order chi connectivity index (χ0) is 13.2. The number of halogens is 1. The summed E-state index contributed by atoms with van der Waals surface area (Å²) < 4.78 is 2.35. The summed E-state index contributed by atoms with van der Waals surface area (Å²) in [6.45, 7) is 0. The van der Waals surface area contributed by atoms with Crippen molar-refractivity contribution in [3.8, 4) is 0 Å². The van der Waals surface area contributed by atoms with Gasteiger partial charge in [0, 0.05) is 15.8 Å². The van der Waals surface area contributed by atoms with Gasteiger partial charge in [-0.2, -0.15) is 11.8 Å². The highest BCUT2D eigenvalue weighted by atomic mass is 79.9. The summed E-state index contributed by atoms with van der Waals surface area (Å²) in [4.78, 5) is 4.68. The number of anilines is 1. The lowest BCUT2D eigenvalue weighted by atomic mass is 9.95. The normalized spacial score (nSPS) is 23.7. The van der Waals surface area contributed by atoms with Crippen molar-refractivity contribution in [3.63, 3.8) is 0 Å². The molecule has 0 atom stereocenters. The fourth-order valence-corrected chi connectivity index (χ4v) is 4.60. The van der Waals surface area contributed by atoms with E-state index in [9.17, 15) is 0 Å². The van der Waals surface area contributed by atoms with Crippen LogP contribution in [0.1, 0.15) is 25.7 Å². The van der Waals surface area contributed by atoms with Crippen LogP contribution in [0.2, 0.25) is 0 Å². The smallest absolute Gasteiger partial charge is 0.184 e. The van der Waals surface area contributed by atoms with Gasteiger partial charge in [-0.05, 0) is 50.1 Å². The fourth-order valence-electron chi connectivity index (χ4n) is 2.58. The van der Waals surface area contributed by atoms with E-state index in [0.717, 1.165) is 20.4 Å². The van der Waals surface area contributed by atoms with Crippen molar-refractivity contribution in [1.82, 2.24) is 4.98 Å². The van der Waals surface area contributed by atoms with E-state index in [4.69, 9.17) is 0 Å². The molecular formula is C14H17BrN2S2. The SMILES string of the molecule is CSC1CCC(Nc2nc3cc(Br)ccc3s2)CC1. The van der Waals surface area contributed by atoms with Crippen molar-refractivity contribution < 1.29 is 0 Å². The van der Waals surface area contributed by atoms with Gasteiger partial charge in [0.25, 0.3) is 0 Å². The van der Waals surface area contributed by atoms with Crippen LogP contribution >= 0.6 is 39.0 Å². The maximum absolute atomic E-state index is 4.68. The molecule has 3 rings (SSSR count). The molecule has 0 bridgehead atoms. The van der Waals surface area contributed by atoms with E-state index in [2.05, 4.69) is 50.7 Å². The van der Waals surface area contributed by atoms with Gasteiger partial charge in [-0.25, -0.2) is 4.98 Å². The Morgan fingerprint density at radius 2 is 2.11 bits per heavy atom. The lowest BCUT2D eigenvalue weighted by Gasteiger charge is -2.27. The standard InChI is InChI=1S/C14H17BrN2S2/c1-18-11-5-3-10(4-6-11)16-14-17-12-8-9(15)2-7-13(12)19-14/h2,7-8,10-11H,3-6H2,1H3,(H,16,17). The summed E-state index contributed by atoms with van der Waals surface area (Å²) in [7, 11) is 0. The Morgan fingerprint density at radius 3 is 2.84 bits per heavy atom. The molecule has 1 aromatic carbocycles. The van der Waals surface area contributed by atoms with E-state index >= 15 is 0 Å². The quantitative estimate of drug-likeness (QED) is 0.823. The summed E-state index contributed by atoms with van der Waals surface area (Å²) in [5.41, 5.74) is 1.08. The van der Waals surface area contributed by atoms with Crippen molar-refractivity contribution in [2.45, 2.75) is 37.0 Å². The molecule has 1 aromatic heterocycles. The molecule has 1 saturated carbocycles. The van der Waals surface area contributed by atoms with E-state index in [1.165, 1.54) is 30.4 Å². The molecule has 0 amide bonds. The molecular weight excluding hydrogens is 340 g/mol. The Hall–Kier alpha value is -0.260. The number of fused-ring (bicyclic) bond motifs is 1. The number of rotatable bonds is 3. The average Bonchev–Trinajstić information content (AvgIpc) is 2.81. The molecule has 5 heteroatoms. The summed E-state index contributed by atoms with van der Waals surface area (Å²) in [5, 5.41) is 5.55. The van der Waals surface area contributed by atoms with Crippen molar-refractivity contribution in [3.05, 3.63) is 22.7 Å². The highest BCUT2D eigenvalue weighted by Gasteiger charge is 2.21. The molecule has 1 heterocycles. The topological polar surface area (TPSA) is 24.9 Å². The third-order valence-corrected chi connectivity index (χ3v) is 6.28. The van der Waals surface area contributed by atoms with Crippen LogP contribution in [0.25, 0.3) is 10.2 Å². The third-order valence-electron chi connectivity index (χ3n) is 3.68. The van der Waals surface area contributed by atoms with Gasteiger partial charge >= 0.3 is 0 Å². The van der Waals surface area contributed by atoms with Gasteiger partial charge in [-0.15, -0.1) is 0 Å². The predicted molar refractivity (Wildman–Crippen MR) is 90.5 cm³/mol. The average molecular weight is 357 g/mol. The summed E-state index contributed by atoms with van der Waals surface area (Å²) >= 11 is 7.27. The van der Waals surface area contributed by atoms with Gasteiger partial charge in [-0.1, -0.05) is 27.3 Å². The Balaban J connectivity index is 1.68. The van der Waals surface area contributed by atoms with Gasteiger partial charge in [0.15, 0.2) is 5.13 Å². The first-order chi connectivity index (χ1) is 9.24. The fraction of sp³-hybridized carbons (Fsp3) is 0.500. The molecule has 2 aromatic rings. The van der Waals surface area contributed by atoms with Crippen molar-refractivity contribution in [1.29, 1.82) is 0 Å². The van der Waals surface area contributed by atoms with Crippen molar-refractivity contribution >= 4 is 54.4 Å². The molecule has 1 aliphatic rings. The number of nitrogens with one attached hydrogen (secondary N) is 1. The van der Waals surface area contributed by atoms with E-state index in [1.807, 2.05) is 11.8 Å². The van der Waals surface area contributed by atoms with Gasteiger partial charge in [0.05, 0.1) is 10.2 Å². The molecule has 1 N–H and O–H groups in total. The van der Waals surface area contributed by atoms with Gasteiger partial charge in [0.2, 0.25) is 0 Å². The zero-order valence-corrected chi connectivity index (χ0v) is 14.1. The Labute approximate surface area is 130 Å². The largest absolute Gasteiger partial charge is 0.359 e. The summed E-state index contributed by atoms with van der Waals surface area (Å²) in [6.07, 6.45) is 7.42. The minimum absolute atomic E-state index is 0.604. The van der Waals surface area contributed by atoms with E-state index in [1.54, 1.807) is 11.3 Å². The van der Waals surface area contributed by atoms with E-state index < -0.39 is 0 Å². The number of hydrogen-bond donors (Lipinski definition) is 1. The van der Waals surface area contributed by atoms with Crippen LogP contribution in [0, 0.1) is 0 Å². The second kappa shape index (κ2) is 6.02. The van der Waals surface area contributed by atoms with E-state index in [-0.39, 0.29) is 0 Å². The number of nitrogens with zero attached hydrogens (tertiary/aromatic N) is 1. The molecule has 0 unspecified atom stereocenters. The molecule has 0 spiro atoms. The van der Waals surface area contributed by atoms with Gasteiger partial charge in [0.1, 0.15) is 0 Å². The Morgan fingerprint density at radius 1 is 1.32 bits per heavy atom. The summed E-state index contributed by atoms with van der Waals surface area (Å²) in [6, 6.07) is 6.90. The molecule has 102 valence electrons. The highest BCUT2D eigenvalue weighted by Crippen LogP contribution is 2.32. The maximum atomic E-state index is 4.68. The minimum Gasteiger partial charge on any atom is -0.359 e. The van der Waals surface area contributed by atoms with Gasteiger partial charge in [-0.3, -0.25) is 0 Å². The van der Waals surface area contributed by atoms with Crippen molar-refractivity contribution in [2.75, 3.05) is 11.6 Å². The lowest BCUT2D eigenvalue weighted by Crippen LogP contribution is -2.26. The van der Waals surface area contributed by atoms with Crippen LogP contribution in [-0.2, 0) is 0 Å². The first-order valence-corrected chi connectivity index (χ1v) is 9.50. The van der Waals surface area contributed by atoms with Crippen LogP contribution in [0.5, 0.6) is 0 Å². The monoisotopic (exact) mass is 356 g/mol. The predicted octanol–water partition coefficient (Wildman–Crippen LogP) is 5.14. The molecule has 1 aliphatic carbocycles. The first kappa shape index (κ1) is 13.7. The molecule has 19 heavy (non-hydrogen) atoms. The van der Waals surface area contributed by atoms with Crippen LogP contribution in [-0.4, -0.2) is 22.5 Å². The molecule has 2 nitrogen and oxygen atoms in total.